The molecule has 0 aromatic heterocycles. The minimum atomic E-state index is -3.21. The minimum absolute atomic E-state index is 0.189. The third-order valence-electron chi connectivity index (χ3n) is 3.35. The molecular formula is C15H23N3O5S. The Bertz CT molecular complexity index is 658. The van der Waals surface area contributed by atoms with E-state index < -0.39 is 16.0 Å². The van der Waals surface area contributed by atoms with Crippen molar-refractivity contribution in [2.45, 2.75) is 19.9 Å². The highest BCUT2D eigenvalue weighted by atomic mass is 32.2. The third kappa shape index (κ3) is 6.97. The van der Waals surface area contributed by atoms with Gasteiger partial charge in [-0.2, -0.15) is 0 Å². The molecule has 0 aliphatic rings. The van der Waals surface area contributed by atoms with Crippen molar-refractivity contribution in [2.75, 3.05) is 25.9 Å². The second-order valence-corrected chi connectivity index (χ2v) is 7.20. The number of rotatable bonds is 9. The van der Waals surface area contributed by atoms with Gasteiger partial charge in [-0.05, 0) is 24.1 Å². The molecule has 0 aliphatic heterocycles. The number of hydrogen-bond donors (Lipinski definition) is 3. The zero-order chi connectivity index (χ0) is 18.2. The van der Waals surface area contributed by atoms with Gasteiger partial charge in [-0.25, -0.2) is 22.3 Å². The van der Waals surface area contributed by atoms with Crippen LogP contribution in [0.4, 0.5) is 4.79 Å². The van der Waals surface area contributed by atoms with E-state index in [0.29, 0.717) is 26.1 Å². The first-order valence-electron chi connectivity index (χ1n) is 7.53. The van der Waals surface area contributed by atoms with Crippen LogP contribution in [0.5, 0.6) is 0 Å². The second-order valence-electron chi connectivity index (χ2n) is 5.22. The number of carboxylic acid groups (broad SMARTS) is 1. The molecule has 0 fully saturated rings. The van der Waals surface area contributed by atoms with Crippen LogP contribution in [0, 0.1) is 0 Å². The van der Waals surface area contributed by atoms with E-state index in [1.54, 1.807) is 19.1 Å². The van der Waals surface area contributed by atoms with Crippen molar-refractivity contribution in [1.82, 2.24) is 14.9 Å². The maximum Gasteiger partial charge on any atom is 0.335 e. The van der Waals surface area contributed by atoms with Crippen LogP contribution < -0.4 is 10.6 Å². The van der Waals surface area contributed by atoms with Crippen molar-refractivity contribution in [3.05, 3.63) is 35.4 Å². The first-order chi connectivity index (χ1) is 11.2. The van der Waals surface area contributed by atoms with Crippen LogP contribution in [0.2, 0.25) is 0 Å². The molecule has 1 aromatic rings. The number of nitrogens with zero attached hydrogens (tertiary/aromatic N) is 1. The van der Waals surface area contributed by atoms with Crippen molar-refractivity contribution in [1.29, 1.82) is 0 Å². The quantitative estimate of drug-likeness (QED) is 0.567. The van der Waals surface area contributed by atoms with E-state index >= 15 is 0 Å². The largest absolute Gasteiger partial charge is 0.478 e. The van der Waals surface area contributed by atoms with E-state index in [-0.39, 0.29) is 18.1 Å². The van der Waals surface area contributed by atoms with Crippen LogP contribution in [0.1, 0.15) is 29.3 Å². The zero-order valence-electron chi connectivity index (χ0n) is 13.8. The molecule has 0 aliphatic carbocycles. The Hall–Kier alpha value is -2.13. The van der Waals surface area contributed by atoms with E-state index in [9.17, 15) is 18.0 Å². The van der Waals surface area contributed by atoms with Crippen molar-refractivity contribution in [3.63, 3.8) is 0 Å². The number of nitrogens with one attached hydrogen (secondary N) is 2. The van der Waals surface area contributed by atoms with Crippen LogP contribution in [0.25, 0.3) is 0 Å². The molecule has 0 bridgehead atoms. The van der Waals surface area contributed by atoms with Crippen molar-refractivity contribution < 1.29 is 23.1 Å². The van der Waals surface area contributed by atoms with Gasteiger partial charge in [0.05, 0.1) is 11.8 Å². The number of aromatic carboxylic acids is 1. The molecule has 2 amide bonds. The van der Waals surface area contributed by atoms with Gasteiger partial charge in [0, 0.05) is 26.2 Å². The lowest BCUT2D eigenvalue weighted by atomic mass is 10.1. The smallest absolute Gasteiger partial charge is 0.335 e. The number of urea groups is 1. The van der Waals surface area contributed by atoms with Crippen molar-refractivity contribution in [3.8, 4) is 0 Å². The standard InChI is InChI=1S/C15H23N3O5S/c1-3-18(24(2,22)23)10-4-9-16-15(21)17-11-12-5-7-13(8-6-12)14(19)20/h5-8H,3-4,9-11H2,1-2H3,(H,19,20)(H2,16,17,21). The number of carboxylic acids is 1. The summed E-state index contributed by atoms with van der Waals surface area (Å²) in [6, 6.07) is 5.85. The van der Waals surface area contributed by atoms with Gasteiger partial charge in [-0.3, -0.25) is 0 Å². The molecule has 1 rings (SSSR count). The summed E-state index contributed by atoms with van der Waals surface area (Å²) < 4.78 is 24.2. The molecule has 1 aromatic carbocycles. The molecule has 0 saturated heterocycles. The zero-order valence-corrected chi connectivity index (χ0v) is 14.6. The van der Waals surface area contributed by atoms with Gasteiger partial charge in [-0.15, -0.1) is 0 Å². The normalized spacial score (nSPS) is 11.3. The summed E-state index contributed by atoms with van der Waals surface area (Å²) in [5.41, 5.74) is 0.971. The summed E-state index contributed by atoms with van der Waals surface area (Å²) in [6.07, 6.45) is 1.67. The second kappa shape index (κ2) is 9.24. The SMILES string of the molecule is CCN(CCCNC(=O)NCc1ccc(C(=O)O)cc1)S(C)(=O)=O. The van der Waals surface area contributed by atoms with Crippen LogP contribution in [0.3, 0.4) is 0 Å². The van der Waals surface area contributed by atoms with Gasteiger partial charge in [0.1, 0.15) is 0 Å². The maximum absolute atomic E-state index is 11.7. The van der Waals surface area contributed by atoms with E-state index in [2.05, 4.69) is 10.6 Å². The summed E-state index contributed by atoms with van der Waals surface area (Å²) in [6.45, 7) is 3.15. The van der Waals surface area contributed by atoms with E-state index in [0.717, 1.165) is 11.8 Å². The summed E-state index contributed by atoms with van der Waals surface area (Å²) in [4.78, 5) is 22.4. The van der Waals surface area contributed by atoms with Gasteiger partial charge in [0.2, 0.25) is 10.0 Å². The molecule has 3 N–H and O–H groups in total. The predicted molar refractivity (Wildman–Crippen MR) is 90.3 cm³/mol. The van der Waals surface area contributed by atoms with Crippen LogP contribution in [0.15, 0.2) is 24.3 Å². The lowest BCUT2D eigenvalue weighted by molar-refractivity contribution is 0.0697. The first kappa shape index (κ1) is 19.9. The van der Waals surface area contributed by atoms with Crippen LogP contribution in [-0.4, -0.2) is 55.7 Å². The number of hydrogen-bond acceptors (Lipinski definition) is 4. The third-order valence-corrected chi connectivity index (χ3v) is 4.72. The van der Waals surface area contributed by atoms with Gasteiger partial charge in [-0.1, -0.05) is 19.1 Å². The highest BCUT2D eigenvalue weighted by Gasteiger charge is 2.13. The topological polar surface area (TPSA) is 116 Å². The maximum atomic E-state index is 11.7. The number of benzene rings is 1. The van der Waals surface area contributed by atoms with E-state index in [4.69, 9.17) is 5.11 Å². The van der Waals surface area contributed by atoms with Crippen molar-refractivity contribution in [2.24, 2.45) is 0 Å². The fraction of sp³-hybridized carbons (Fsp3) is 0.467. The molecule has 0 unspecified atom stereocenters. The summed E-state index contributed by atoms with van der Waals surface area (Å²) in [5.74, 6) is -0.998. The number of sulfonamides is 1. The molecule has 0 atom stereocenters. The average molecular weight is 357 g/mol. The molecule has 134 valence electrons. The Morgan fingerprint density at radius 3 is 2.29 bits per heavy atom. The summed E-state index contributed by atoms with van der Waals surface area (Å²) in [7, 11) is -3.21. The van der Waals surface area contributed by atoms with E-state index in [1.807, 2.05) is 0 Å². The fourth-order valence-corrected chi connectivity index (χ4v) is 2.96. The number of carbonyl (C=O) groups excluding carboxylic acids is 1. The highest BCUT2D eigenvalue weighted by Crippen LogP contribution is 2.04. The summed E-state index contributed by atoms with van der Waals surface area (Å²) in [5, 5.41) is 14.1. The molecule has 0 radical (unpaired) electrons. The van der Waals surface area contributed by atoms with Crippen LogP contribution >= 0.6 is 0 Å². The van der Waals surface area contributed by atoms with Gasteiger partial charge in [0.15, 0.2) is 0 Å². The molecule has 24 heavy (non-hydrogen) atoms. The first-order valence-corrected chi connectivity index (χ1v) is 9.38. The fourth-order valence-electron chi connectivity index (χ4n) is 2.03. The van der Waals surface area contributed by atoms with E-state index in [1.165, 1.54) is 16.4 Å². The Morgan fingerprint density at radius 2 is 1.79 bits per heavy atom. The average Bonchev–Trinajstić information content (AvgIpc) is 2.52. The lowest BCUT2D eigenvalue weighted by Gasteiger charge is -2.17. The monoisotopic (exact) mass is 357 g/mol. The van der Waals surface area contributed by atoms with Crippen molar-refractivity contribution >= 4 is 22.0 Å². The lowest BCUT2D eigenvalue weighted by Crippen LogP contribution is -2.37. The molecule has 9 heteroatoms. The van der Waals surface area contributed by atoms with Gasteiger partial charge in [0.25, 0.3) is 0 Å². The Balaban J connectivity index is 2.28. The molecule has 0 heterocycles. The summed E-state index contributed by atoms with van der Waals surface area (Å²) >= 11 is 0. The molecule has 8 nitrogen and oxygen atoms in total. The Labute approximate surface area is 141 Å². The van der Waals surface area contributed by atoms with Crippen LogP contribution in [-0.2, 0) is 16.6 Å². The number of amides is 2. The highest BCUT2D eigenvalue weighted by molar-refractivity contribution is 7.88. The Morgan fingerprint density at radius 1 is 1.17 bits per heavy atom. The van der Waals surface area contributed by atoms with Gasteiger partial charge >= 0.3 is 12.0 Å². The van der Waals surface area contributed by atoms with Gasteiger partial charge < -0.3 is 15.7 Å². The predicted octanol–water partition coefficient (Wildman–Crippen LogP) is 0.856. The molecule has 0 saturated carbocycles. The molecular weight excluding hydrogens is 334 g/mol. The molecule has 0 spiro atoms. The minimum Gasteiger partial charge on any atom is -0.478 e. The Kier molecular flexibility index (Phi) is 7.66. The number of carbonyl (C=O) groups is 2.